The maximum atomic E-state index is 14.0. The SMILES string of the molecule is CNC(=O)N(CC(C)(C)C)C(=O)[C@H](CC(C)C)C(O)(C(=O)OCc1ccccc1)C(=O)OCc1ccccc1. The lowest BCUT2D eigenvalue weighted by atomic mass is 9.79. The summed E-state index contributed by atoms with van der Waals surface area (Å²) in [5, 5.41) is 14.3. The molecule has 0 saturated carbocycles. The highest BCUT2D eigenvalue weighted by Gasteiger charge is 2.58. The largest absolute Gasteiger partial charge is 0.458 e. The van der Waals surface area contributed by atoms with E-state index in [1.165, 1.54) is 7.05 Å². The van der Waals surface area contributed by atoms with Crippen LogP contribution in [-0.2, 0) is 37.1 Å². The van der Waals surface area contributed by atoms with Crippen LogP contribution in [-0.4, -0.2) is 53.1 Å². The highest BCUT2D eigenvalue weighted by atomic mass is 16.6. The highest BCUT2D eigenvalue weighted by molar-refractivity contribution is 6.09. The number of nitrogens with zero attached hydrogens (tertiary/aromatic N) is 1. The van der Waals surface area contributed by atoms with E-state index < -0.39 is 40.8 Å². The summed E-state index contributed by atoms with van der Waals surface area (Å²) in [4.78, 5) is 54.7. The summed E-state index contributed by atoms with van der Waals surface area (Å²) in [6, 6.07) is 16.7. The number of urea groups is 1. The number of hydrogen-bond donors (Lipinski definition) is 2. The maximum absolute atomic E-state index is 14.0. The number of aliphatic hydroxyl groups is 1. The molecule has 0 aromatic heterocycles. The molecule has 0 unspecified atom stereocenters. The van der Waals surface area contributed by atoms with Crippen LogP contribution in [0.4, 0.5) is 4.79 Å². The molecule has 0 aliphatic rings. The maximum Gasteiger partial charge on any atom is 0.351 e. The van der Waals surface area contributed by atoms with Crippen molar-refractivity contribution in [2.45, 2.75) is 59.9 Å². The van der Waals surface area contributed by atoms with Gasteiger partial charge in [-0.2, -0.15) is 0 Å². The minimum atomic E-state index is -3.00. The van der Waals surface area contributed by atoms with Gasteiger partial charge < -0.3 is 19.9 Å². The lowest BCUT2D eigenvalue weighted by Crippen LogP contribution is -2.61. The Morgan fingerprint density at radius 1 is 0.846 bits per heavy atom. The summed E-state index contributed by atoms with van der Waals surface area (Å²) in [5.41, 5.74) is -2.27. The molecule has 0 spiro atoms. The smallest absolute Gasteiger partial charge is 0.351 e. The number of hydrogen-bond acceptors (Lipinski definition) is 7. The molecule has 2 aromatic carbocycles. The molecule has 2 rings (SSSR count). The zero-order valence-corrected chi connectivity index (χ0v) is 23.6. The zero-order chi connectivity index (χ0) is 29.2. The van der Waals surface area contributed by atoms with Gasteiger partial charge in [0.25, 0.3) is 5.60 Å². The van der Waals surface area contributed by atoms with Crippen molar-refractivity contribution in [3.8, 4) is 0 Å². The second-order valence-corrected chi connectivity index (χ2v) is 11.1. The Balaban J connectivity index is 2.52. The number of ether oxygens (including phenoxy) is 2. The predicted octanol–water partition coefficient (Wildman–Crippen LogP) is 4.08. The van der Waals surface area contributed by atoms with E-state index >= 15 is 0 Å². The summed E-state index contributed by atoms with van der Waals surface area (Å²) in [6.45, 7) is 8.56. The van der Waals surface area contributed by atoms with Gasteiger partial charge in [0.15, 0.2) is 0 Å². The van der Waals surface area contributed by atoms with Gasteiger partial charge >= 0.3 is 18.0 Å². The molecule has 0 aliphatic carbocycles. The fourth-order valence-corrected chi connectivity index (χ4v) is 4.00. The van der Waals surface area contributed by atoms with E-state index in [0.717, 1.165) is 4.90 Å². The minimum Gasteiger partial charge on any atom is -0.458 e. The molecule has 2 aromatic rings. The molecule has 0 radical (unpaired) electrons. The van der Waals surface area contributed by atoms with E-state index in [4.69, 9.17) is 9.47 Å². The molecule has 212 valence electrons. The topological polar surface area (TPSA) is 122 Å². The van der Waals surface area contributed by atoms with E-state index in [9.17, 15) is 24.3 Å². The van der Waals surface area contributed by atoms with Gasteiger partial charge in [-0.15, -0.1) is 0 Å². The molecule has 39 heavy (non-hydrogen) atoms. The highest BCUT2D eigenvalue weighted by Crippen LogP contribution is 2.32. The van der Waals surface area contributed by atoms with Crippen LogP contribution in [0.5, 0.6) is 0 Å². The molecule has 0 saturated heterocycles. The molecular formula is C30H40N2O7. The molecule has 2 N–H and O–H groups in total. The first-order valence-corrected chi connectivity index (χ1v) is 13.0. The first-order chi connectivity index (χ1) is 18.3. The van der Waals surface area contributed by atoms with Gasteiger partial charge in [-0.3, -0.25) is 9.69 Å². The molecule has 0 heterocycles. The summed E-state index contributed by atoms with van der Waals surface area (Å²) >= 11 is 0. The van der Waals surface area contributed by atoms with Gasteiger partial charge in [-0.1, -0.05) is 95.3 Å². The van der Waals surface area contributed by atoms with Crippen LogP contribution >= 0.6 is 0 Å². The number of carbonyl (C=O) groups excluding carboxylic acids is 4. The third kappa shape index (κ3) is 8.92. The van der Waals surface area contributed by atoms with Crippen LogP contribution in [0, 0.1) is 17.3 Å². The Morgan fingerprint density at radius 2 is 1.28 bits per heavy atom. The molecular weight excluding hydrogens is 500 g/mol. The summed E-state index contributed by atoms with van der Waals surface area (Å²) in [6.07, 6.45) is -0.0894. The lowest BCUT2D eigenvalue weighted by molar-refractivity contribution is -0.196. The number of benzene rings is 2. The van der Waals surface area contributed by atoms with Crippen molar-refractivity contribution in [2.75, 3.05) is 13.6 Å². The summed E-state index contributed by atoms with van der Waals surface area (Å²) < 4.78 is 10.8. The fraction of sp³-hybridized carbons (Fsp3) is 0.467. The van der Waals surface area contributed by atoms with Gasteiger partial charge in [0.1, 0.15) is 13.2 Å². The van der Waals surface area contributed by atoms with Gasteiger partial charge in [0, 0.05) is 13.6 Å². The Bertz CT molecular complexity index is 1060. The van der Waals surface area contributed by atoms with E-state index in [1.54, 1.807) is 74.5 Å². The first kappa shape index (κ1) is 31.5. The summed E-state index contributed by atoms with van der Waals surface area (Å²) in [5.74, 6) is -5.42. The molecule has 3 amide bonds. The van der Waals surface area contributed by atoms with E-state index in [-0.39, 0.29) is 32.1 Å². The van der Waals surface area contributed by atoms with Crippen LogP contribution in [0.3, 0.4) is 0 Å². The van der Waals surface area contributed by atoms with Crippen LogP contribution < -0.4 is 5.32 Å². The average Bonchev–Trinajstić information content (AvgIpc) is 2.91. The van der Waals surface area contributed by atoms with Crippen molar-refractivity contribution in [3.63, 3.8) is 0 Å². The number of imide groups is 1. The molecule has 9 nitrogen and oxygen atoms in total. The third-order valence-corrected chi connectivity index (χ3v) is 5.91. The van der Waals surface area contributed by atoms with Gasteiger partial charge in [0.2, 0.25) is 5.91 Å². The van der Waals surface area contributed by atoms with Crippen LogP contribution in [0.15, 0.2) is 60.7 Å². The Hall–Kier alpha value is -3.72. The number of esters is 2. The van der Waals surface area contributed by atoms with E-state index in [0.29, 0.717) is 11.1 Å². The average molecular weight is 541 g/mol. The second-order valence-electron chi connectivity index (χ2n) is 11.1. The van der Waals surface area contributed by atoms with Crippen molar-refractivity contribution in [1.82, 2.24) is 10.2 Å². The second kappa shape index (κ2) is 13.9. The Kier molecular flexibility index (Phi) is 11.2. The van der Waals surface area contributed by atoms with E-state index in [1.807, 2.05) is 20.8 Å². The predicted molar refractivity (Wildman–Crippen MR) is 146 cm³/mol. The zero-order valence-electron chi connectivity index (χ0n) is 23.6. The molecule has 0 bridgehead atoms. The van der Waals surface area contributed by atoms with Gasteiger partial charge in [-0.25, -0.2) is 14.4 Å². The van der Waals surface area contributed by atoms with Crippen LogP contribution in [0.25, 0.3) is 0 Å². The van der Waals surface area contributed by atoms with Crippen molar-refractivity contribution in [2.24, 2.45) is 17.3 Å². The van der Waals surface area contributed by atoms with Crippen molar-refractivity contribution in [1.29, 1.82) is 0 Å². The minimum absolute atomic E-state index is 0.0195. The Labute approximate surface area is 230 Å². The molecule has 1 atom stereocenters. The fourth-order valence-electron chi connectivity index (χ4n) is 4.00. The quantitative estimate of drug-likeness (QED) is 0.325. The Morgan fingerprint density at radius 3 is 1.64 bits per heavy atom. The van der Waals surface area contributed by atoms with Crippen LogP contribution in [0.1, 0.15) is 52.2 Å². The first-order valence-electron chi connectivity index (χ1n) is 13.0. The number of nitrogens with one attached hydrogen (secondary N) is 1. The monoisotopic (exact) mass is 540 g/mol. The third-order valence-electron chi connectivity index (χ3n) is 5.91. The number of rotatable bonds is 11. The molecule has 0 fully saturated rings. The summed E-state index contributed by atoms with van der Waals surface area (Å²) in [7, 11) is 1.37. The van der Waals surface area contributed by atoms with Gasteiger partial charge in [-0.05, 0) is 28.9 Å². The molecule has 0 aliphatic heterocycles. The van der Waals surface area contributed by atoms with Crippen LogP contribution in [0.2, 0.25) is 0 Å². The van der Waals surface area contributed by atoms with E-state index in [2.05, 4.69) is 5.32 Å². The van der Waals surface area contributed by atoms with Crippen molar-refractivity contribution in [3.05, 3.63) is 71.8 Å². The lowest BCUT2D eigenvalue weighted by Gasteiger charge is -2.36. The number of carbonyl (C=O) groups is 4. The normalized spacial score (nSPS) is 12.4. The van der Waals surface area contributed by atoms with Gasteiger partial charge in [0.05, 0.1) is 5.92 Å². The molecule has 9 heteroatoms. The number of amides is 3. The van der Waals surface area contributed by atoms with Crippen molar-refractivity contribution >= 4 is 23.9 Å². The standard InChI is InChI=1S/C30H40N2O7/c1-21(2)17-24(25(33)32(28(36)31-6)20-29(3,4)5)30(37,26(34)38-18-22-13-9-7-10-14-22)27(35)39-19-23-15-11-8-12-16-23/h7-16,21,24,37H,17-20H2,1-6H3,(H,31,36)/t24-/m0/s1. The van der Waals surface area contributed by atoms with Crippen molar-refractivity contribution < 1.29 is 33.8 Å².